The molecule has 178 valence electrons. The minimum absolute atomic E-state index is 0.0729. The van der Waals surface area contributed by atoms with Crippen LogP contribution in [0.1, 0.15) is 38.5 Å². The Hall–Kier alpha value is -3.33. The number of hydrogen-bond acceptors (Lipinski definition) is 6. The summed E-state index contributed by atoms with van der Waals surface area (Å²) in [4.78, 5) is 31.8. The molecule has 2 aromatic rings. The summed E-state index contributed by atoms with van der Waals surface area (Å²) in [6.45, 7) is 1.09. The summed E-state index contributed by atoms with van der Waals surface area (Å²) in [7, 11) is 1.60. The van der Waals surface area contributed by atoms with Gasteiger partial charge in [-0.2, -0.15) is 4.99 Å². The van der Waals surface area contributed by atoms with Gasteiger partial charge in [0.25, 0.3) is 5.56 Å². The third-order valence-electron chi connectivity index (χ3n) is 6.85. The van der Waals surface area contributed by atoms with Crippen molar-refractivity contribution in [1.82, 2.24) is 20.2 Å². The van der Waals surface area contributed by atoms with E-state index >= 15 is 0 Å². The Bertz CT molecular complexity index is 1270. The average Bonchev–Trinajstić information content (AvgIpc) is 2.85. The molecule has 1 fully saturated rings. The number of nitrogens with one attached hydrogen (secondary N) is 2. The molecule has 8 nitrogen and oxygen atoms in total. The topological polar surface area (TPSA) is 97.6 Å². The Morgan fingerprint density at radius 3 is 2.82 bits per heavy atom. The van der Waals surface area contributed by atoms with E-state index in [1.165, 1.54) is 10.6 Å². The molecule has 5 rings (SSSR count). The van der Waals surface area contributed by atoms with Gasteiger partial charge in [-0.1, -0.05) is 6.08 Å². The second kappa shape index (κ2) is 9.50. The number of carbonyl (C=O) groups is 1. The molecule has 1 amide bonds. The van der Waals surface area contributed by atoms with Gasteiger partial charge < -0.3 is 19.9 Å². The molecule has 2 aliphatic heterocycles. The highest BCUT2D eigenvalue weighted by molar-refractivity contribution is 6.08. The number of hydrogen-bond donors (Lipinski definition) is 2. The molecular weight excluding hydrogens is 437 g/mol. The number of amidine groups is 1. The first kappa shape index (κ1) is 22.5. The van der Waals surface area contributed by atoms with Crippen LogP contribution in [0.5, 0.6) is 5.75 Å². The van der Waals surface area contributed by atoms with Crippen LogP contribution in [0.15, 0.2) is 51.5 Å². The number of dihydropyridines is 1. The zero-order valence-corrected chi connectivity index (χ0v) is 19.1. The second-order valence-electron chi connectivity index (χ2n) is 9.17. The van der Waals surface area contributed by atoms with Gasteiger partial charge >= 0.3 is 0 Å². The van der Waals surface area contributed by atoms with E-state index in [1.54, 1.807) is 13.1 Å². The maximum Gasteiger partial charge on any atom is 0.250 e. The molecule has 0 spiro atoms. The van der Waals surface area contributed by atoms with Gasteiger partial charge in [0.2, 0.25) is 5.91 Å². The first-order valence-electron chi connectivity index (χ1n) is 11.8. The Labute approximate surface area is 196 Å². The van der Waals surface area contributed by atoms with Gasteiger partial charge in [0.1, 0.15) is 11.4 Å². The van der Waals surface area contributed by atoms with E-state index < -0.39 is 5.82 Å². The van der Waals surface area contributed by atoms with E-state index in [4.69, 9.17) is 4.74 Å². The van der Waals surface area contributed by atoms with E-state index in [-0.39, 0.29) is 17.2 Å². The number of pyridine rings is 2. The lowest BCUT2D eigenvalue weighted by molar-refractivity contribution is -0.117. The number of allylic oxidation sites excluding steroid dienone is 2. The molecular formula is C25H28FN5O3. The number of carbonyl (C=O) groups excluding carboxylic acids is 1. The predicted octanol–water partition coefficient (Wildman–Crippen LogP) is 2.73. The standard InChI is InChI=1S/C25H28FN5O3/c1-31-22(33)11-9-20-23(31)24(19(26)13-28-20)34-14-15-2-6-17(7-3-15)27-12-18-8-4-16-5-10-21(32)30-25(16)29-18/h4,8-9,11,13,15,17,27H,2-3,5-7,10,12,14H2,1H3,(H,29,30,32). The van der Waals surface area contributed by atoms with Crippen LogP contribution in [-0.4, -0.2) is 40.5 Å². The first-order valence-corrected chi connectivity index (χ1v) is 11.8. The average molecular weight is 466 g/mol. The monoisotopic (exact) mass is 465 g/mol. The van der Waals surface area contributed by atoms with Crippen molar-refractivity contribution >= 4 is 22.8 Å². The summed E-state index contributed by atoms with van der Waals surface area (Å²) >= 11 is 0. The number of aromatic nitrogens is 2. The molecule has 1 saturated carbocycles. The number of ether oxygens (including phenoxy) is 1. The fraction of sp³-hybridized carbons (Fsp3) is 0.440. The second-order valence-corrected chi connectivity index (χ2v) is 9.17. The van der Waals surface area contributed by atoms with Crippen LogP contribution in [0.3, 0.4) is 0 Å². The smallest absolute Gasteiger partial charge is 0.250 e. The van der Waals surface area contributed by atoms with Gasteiger partial charge in [0.05, 0.1) is 18.3 Å². The molecule has 2 N–H and O–H groups in total. The fourth-order valence-electron chi connectivity index (χ4n) is 4.80. The summed E-state index contributed by atoms with van der Waals surface area (Å²) < 4.78 is 21.8. The van der Waals surface area contributed by atoms with Gasteiger partial charge in [0, 0.05) is 37.8 Å². The summed E-state index contributed by atoms with van der Waals surface area (Å²) in [6, 6.07) is 3.40. The highest BCUT2D eigenvalue weighted by atomic mass is 19.1. The minimum atomic E-state index is -0.557. The fourth-order valence-corrected chi connectivity index (χ4v) is 4.80. The zero-order chi connectivity index (χ0) is 23.7. The van der Waals surface area contributed by atoms with E-state index in [1.807, 2.05) is 6.08 Å². The van der Waals surface area contributed by atoms with Crippen LogP contribution in [0.4, 0.5) is 4.39 Å². The molecule has 4 heterocycles. The van der Waals surface area contributed by atoms with Crippen molar-refractivity contribution in [3.8, 4) is 5.75 Å². The van der Waals surface area contributed by atoms with Crippen molar-refractivity contribution in [2.45, 2.75) is 44.6 Å². The molecule has 3 aliphatic rings. The highest BCUT2D eigenvalue weighted by Crippen LogP contribution is 2.29. The lowest BCUT2D eigenvalue weighted by Gasteiger charge is -2.30. The van der Waals surface area contributed by atoms with E-state index in [0.717, 1.165) is 49.6 Å². The largest absolute Gasteiger partial charge is 0.488 e. The quantitative estimate of drug-likeness (QED) is 0.681. The lowest BCUT2D eigenvalue weighted by atomic mass is 9.86. The Balaban J connectivity index is 1.13. The molecule has 2 aromatic heterocycles. The van der Waals surface area contributed by atoms with Gasteiger partial charge in [0.15, 0.2) is 11.6 Å². The van der Waals surface area contributed by atoms with Crippen LogP contribution < -0.4 is 20.9 Å². The zero-order valence-electron chi connectivity index (χ0n) is 19.1. The van der Waals surface area contributed by atoms with Crippen molar-refractivity contribution in [2.24, 2.45) is 18.0 Å². The van der Waals surface area contributed by atoms with Gasteiger partial charge in [-0.25, -0.2) is 4.39 Å². The third kappa shape index (κ3) is 4.65. The first-order chi connectivity index (χ1) is 16.5. The number of nitrogens with zero attached hydrogens (tertiary/aromatic N) is 3. The Kier molecular flexibility index (Phi) is 6.28. The highest BCUT2D eigenvalue weighted by Gasteiger charge is 2.24. The van der Waals surface area contributed by atoms with Gasteiger partial charge in [-0.3, -0.25) is 14.6 Å². The number of aliphatic imine (C=N–C) groups is 1. The Morgan fingerprint density at radius 2 is 2.00 bits per heavy atom. The molecule has 0 bridgehead atoms. The van der Waals surface area contributed by atoms with Crippen LogP contribution in [-0.2, 0) is 11.8 Å². The van der Waals surface area contributed by atoms with Crippen molar-refractivity contribution in [3.05, 3.63) is 57.9 Å². The summed E-state index contributed by atoms with van der Waals surface area (Å²) in [6.07, 6.45) is 10.4. The normalized spacial score (nSPS) is 22.4. The molecule has 34 heavy (non-hydrogen) atoms. The summed E-state index contributed by atoms with van der Waals surface area (Å²) in [5.41, 5.74) is 2.78. The minimum Gasteiger partial charge on any atom is -0.488 e. The van der Waals surface area contributed by atoms with E-state index in [2.05, 4.69) is 26.7 Å². The maximum atomic E-state index is 14.5. The lowest BCUT2D eigenvalue weighted by Crippen LogP contribution is -2.40. The van der Waals surface area contributed by atoms with Gasteiger partial charge in [-0.05, 0) is 55.7 Å². The molecule has 1 aliphatic carbocycles. The van der Waals surface area contributed by atoms with Crippen LogP contribution >= 0.6 is 0 Å². The summed E-state index contributed by atoms with van der Waals surface area (Å²) in [5.74, 6) is 0.471. The number of fused-ring (bicyclic) bond motifs is 2. The van der Waals surface area contributed by atoms with E-state index in [9.17, 15) is 14.0 Å². The third-order valence-corrected chi connectivity index (χ3v) is 6.85. The van der Waals surface area contributed by atoms with Crippen molar-refractivity contribution in [1.29, 1.82) is 0 Å². The summed E-state index contributed by atoms with van der Waals surface area (Å²) in [5, 5.41) is 6.87. The SMILES string of the molecule is Cn1c(=O)ccc2ncc(F)c(OCC3CCC(NCC4=CC=C5CCC(=O)N=C5N4)CC3)c21. The molecule has 9 heteroatoms. The number of halogens is 1. The van der Waals surface area contributed by atoms with Crippen molar-refractivity contribution in [3.63, 3.8) is 0 Å². The molecule has 0 saturated heterocycles. The molecule has 0 unspecified atom stereocenters. The maximum absolute atomic E-state index is 14.5. The number of aryl methyl sites for hydroxylation is 1. The molecule has 0 radical (unpaired) electrons. The van der Waals surface area contributed by atoms with E-state index in [0.29, 0.717) is 48.4 Å². The Morgan fingerprint density at radius 1 is 1.18 bits per heavy atom. The van der Waals surface area contributed by atoms with Crippen LogP contribution in [0, 0.1) is 11.7 Å². The molecule has 0 atom stereocenters. The van der Waals surface area contributed by atoms with Crippen molar-refractivity contribution in [2.75, 3.05) is 13.2 Å². The molecule has 0 aromatic carbocycles. The van der Waals surface area contributed by atoms with Crippen molar-refractivity contribution < 1.29 is 13.9 Å². The number of amides is 1. The number of rotatable bonds is 6. The van der Waals surface area contributed by atoms with Gasteiger partial charge in [-0.15, -0.1) is 0 Å². The predicted molar refractivity (Wildman–Crippen MR) is 127 cm³/mol. The van der Waals surface area contributed by atoms with Crippen LogP contribution in [0.25, 0.3) is 11.0 Å². The van der Waals surface area contributed by atoms with Crippen LogP contribution in [0.2, 0.25) is 0 Å².